The minimum absolute atomic E-state index is 0.212. The molecule has 21 heavy (non-hydrogen) atoms. The molecule has 0 aliphatic carbocycles. The van der Waals surface area contributed by atoms with Crippen molar-refractivity contribution in [2.75, 3.05) is 6.54 Å². The summed E-state index contributed by atoms with van der Waals surface area (Å²) in [4.78, 5) is 12.2. The van der Waals surface area contributed by atoms with E-state index in [0.29, 0.717) is 28.7 Å². The number of hydrazine groups is 1. The Morgan fingerprint density at radius 3 is 2.38 bits per heavy atom. The van der Waals surface area contributed by atoms with Crippen molar-refractivity contribution in [1.82, 2.24) is 10.4 Å². The molecule has 2 aromatic rings. The molecule has 0 unspecified atom stereocenters. The number of nitrogens with one attached hydrogen (secondary N) is 1. The largest absolute Gasteiger partial charge is 0.284 e. The number of hydrogen-bond acceptors (Lipinski definition) is 2. The number of carbonyl (C=O) groups is 1. The zero-order chi connectivity index (χ0) is 15.2. The fourth-order valence-corrected chi connectivity index (χ4v) is 2.24. The quantitative estimate of drug-likeness (QED) is 0.838. The summed E-state index contributed by atoms with van der Waals surface area (Å²) in [5, 5.41) is 2.97. The monoisotopic (exact) mass is 322 g/mol. The van der Waals surface area contributed by atoms with Crippen LogP contribution in [0.2, 0.25) is 10.0 Å². The summed E-state index contributed by atoms with van der Waals surface area (Å²) in [5.41, 5.74) is 4.40. The molecule has 0 spiro atoms. The molecule has 0 atom stereocenters. The lowest BCUT2D eigenvalue weighted by Gasteiger charge is -2.22. The van der Waals surface area contributed by atoms with Crippen LogP contribution in [-0.4, -0.2) is 17.5 Å². The average molecular weight is 323 g/mol. The average Bonchev–Trinajstić information content (AvgIpc) is 2.49. The van der Waals surface area contributed by atoms with Crippen LogP contribution in [0.5, 0.6) is 0 Å². The van der Waals surface area contributed by atoms with E-state index in [0.717, 1.165) is 5.56 Å². The lowest BCUT2D eigenvalue weighted by molar-refractivity contribution is 0.0785. The molecule has 2 rings (SSSR count). The molecule has 3 nitrogen and oxygen atoms in total. The van der Waals surface area contributed by atoms with Crippen molar-refractivity contribution in [3.8, 4) is 0 Å². The second-order valence-electron chi connectivity index (χ2n) is 4.56. The van der Waals surface area contributed by atoms with Gasteiger partial charge in [-0.15, -0.1) is 0 Å². The molecule has 0 aliphatic rings. The van der Waals surface area contributed by atoms with Gasteiger partial charge >= 0.3 is 0 Å². The predicted molar refractivity (Wildman–Crippen MR) is 86.5 cm³/mol. The van der Waals surface area contributed by atoms with Crippen LogP contribution >= 0.6 is 23.2 Å². The van der Waals surface area contributed by atoms with Gasteiger partial charge in [0.1, 0.15) is 0 Å². The molecule has 0 aromatic heterocycles. The van der Waals surface area contributed by atoms with Crippen molar-refractivity contribution < 1.29 is 4.79 Å². The smallest absolute Gasteiger partial charge is 0.267 e. The highest BCUT2D eigenvalue weighted by molar-refractivity contribution is 6.33. The van der Waals surface area contributed by atoms with Gasteiger partial charge in [-0.25, -0.2) is 5.01 Å². The van der Waals surface area contributed by atoms with Crippen LogP contribution in [-0.2, 0) is 6.54 Å². The molecule has 0 heterocycles. The fraction of sp³-hybridized carbons (Fsp3) is 0.188. The molecule has 110 valence electrons. The Bertz CT molecular complexity index is 614. The van der Waals surface area contributed by atoms with Gasteiger partial charge < -0.3 is 0 Å². The van der Waals surface area contributed by atoms with E-state index in [1.807, 2.05) is 36.2 Å². The number of carbonyl (C=O) groups excluding carboxylic acids is 1. The SMILES string of the molecule is CCN(Cc1ccc(Cl)cc1)NC(=O)c1ccccc1Cl. The lowest BCUT2D eigenvalue weighted by atomic mass is 10.2. The van der Waals surface area contributed by atoms with Crippen molar-refractivity contribution in [3.05, 3.63) is 69.7 Å². The van der Waals surface area contributed by atoms with Crippen LogP contribution in [0, 0.1) is 0 Å². The van der Waals surface area contributed by atoms with Crippen molar-refractivity contribution in [2.24, 2.45) is 0 Å². The maximum absolute atomic E-state index is 12.2. The molecule has 0 saturated heterocycles. The Kier molecular flexibility index (Phi) is 5.62. The summed E-state index contributed by atoms with van der Waals surface area (Å²) in [6.07, 6.45) is 0. The number of rotatable bonds is 5. The van der Waals surface area contributed by atoms with Gasteiger partial charge in [0.15, 0.2) is 0 Å². The summed E-state index contributed by atoms with van der Waals surface area (Å²) in [6.45, 7) is 3.26. The van der Waals surface area contributed by atoms with Gasteiger partial charge in [-0.2, -0.15) is 0 Å². The van der Waals surface area contributed by atoms with Crippen LogP contribution in [0.3, 0.4) is 0 Å². The van der Waals surface area contributed by atoms with Gasteiger partial charge in [-0.05, 0) is 29.8 Å². The van der Waals surface area contributed by atoms with Gasteiger partial charge in [0.2, 0.25) is 0 Å². The van der Waals surface area contributed by atoms with E-state index in [1.165, 1.54) is 0 Å². The van der Waals surface area contributed by atoms with Gasteiger partial charge in [-0.1, -0.05) is 54.4 Å². The van der Waals surface area contributed by atoms with Crippen molar-refractivity contribution in [2.45, 2.75) is 13.5 Å². The maximum atomic E-state index is 12.2. The molecule has 1 amide bonds. The van der Waals surface area contributed by atoms with Gasteiger partial charge in [0.05, 0.1) is 10.6 Å². The van der Waals surface area contributed by atoms with Crippen LogP contribution < -0.4 is 5.43 Å². The van der Waals surface area contributed by atoms with Gasteiger partial charge in [0, 0.05) is 18.1 Å². The summed E-state index contributed by atoms with van der Waals surface area (Å²) >= 11 is 11.9. The first-order valence-corrected chi connectivity index (χ1v) is 7.40. The number of halogens is 2. The minimum Gasteiger partial charge on any atom is -0.284 e. The van der Waals surface area contributed by atoms with E-state index in [4.69, 9.17) is 23.2 Å². The summed E-state index contributed by atoms with van der Waals surface area (Å²) in [5.74, 6) is -0.212. The van der Waals surface area contributed by atoms with E-state index in [1.54, 1.807) is 24.3 Å². The number of hydrogen-bond donors (Lipinski definition) is 1. The summed E-state index contributed by atoms with van der Waals surface area (Å²) < 4.78 is 0. The Hall–Kier alpha value is -1.55. The minimum atomic E-state index is -0.212. The van der Waals surface area contributed by atoms with E-state index < -0.39 is 0 Å². The highest BCUT2D eigenvalue weighted by Gasteiger charge is 2.13. The zero-order valence-corrected chi connectivity index (χ0v) is 13.2. The Morgan fingerprint density at radius 2 is 1.76 bits per heavy atom. The molecule has 0 saturated carbocycles. The van der Waals surface area contributed by atoms with Crippen molar-refractivity contribution in [1.29, 1.82) is 0 Å². The standard InChI is InChI=1S/C16H16Cl2N2O/c1-2-20(11-12-7-9-13(17)10-8-12)19-16(21)14-5-3-4-6-15(14)18/h3-10H,2,11H2,1H3,(H,19,21). The molecular formula is C16H16Cl2N2O. The first kappa shape index (κ1) is 15.8. The molecule has 0 bridgehead atoms. The molecular weight excluding hydrogens is 307 g/mol. The first-order valence-electron chi connectivity index (χ1n) is 6.65. The molecule has 0 radical (unpaired) electrons. The zero-order valence-electron chi connectivity index (χ0n) is 11.6. The molecule has 5 heteroatoms. The van der Waals surface area contributed by atoms with E-state index in [2.05, 4.69) is 5.43 Å². The number of nitrogens with zero attached hydrogens (tertiary/aromatic N) is 1. The highest BCUT2D eigenvalue weighted by Crippen LogP contribution is 2.15. The maximum Gasteiger partial charge on any atom is 0.267 e. The second kappa shape index (κ2) is 7.46. The topological polar surface area (TPSA) is 32.3 Å². The normalized spacial score (nSPS) is 10.7. The number of amides is 1. The lowest BCUT2D eigenvalue weighted by Crippen LogP contribution is -2.41. The molecule has 0 fully saturated rings. The van der Waals surface area contributed by atoms with Crippen molar-refractivity contribution in [3.63, 3.8) is 0 Å². The van der Waals surface area contributed by atoms with E-state index >= 15 is 0 Å². The molecule has 1 N–H and O–H groups in total. The van der Waals surface area contributed by atoms with Gasteiger partial charge in [-0.3, -0.25) is 10.2 Å². The Labute approximate surface area is 134 Å². The predicted octanol–water partition coefficient (Wildman–Crippen LogP) is 4.16. The highest BCUT2D eigenvalue weighted by atomic mass is 35.5. The molecule has 2 aromatic carbocycles. The van der Waals surface area contributed by atoms with Crippen LogP contribution in [0.1, 0.15) is 22.8 Å². The third-order valence-electron chi connectivity index (χ3n) is 3.05. The third kappa shape index (κ3) is 4.46. The summed E-state index contributed by atoms with van der Waals surface area (Å²) in [6, 6.07) is 14.5. The Balaban J connectivity index is 2.04. The van der Waals surface area contributed by atoms with Gasteiger partial charge in [0.25, 0.3) is 5.91 Å². The van der Waals surface area contributed by atoms with E-state index in [9.17, 15) is 4.79 Å². The van der Waals surface area contributed by atoms with Crippen LogP contribution in [0.4, 0.5) is 0 Å². The first-order chi connectivity index (χ1) is 10.1. The second-order valence-corrected chi connectivity index (χ2v) is 5.41. The van der Waals surface area contributed by atoms with E-state index in [-0.39, 0.29) is 5.91 Å². The van der Waals surface area contributed by atoms with Crippen LogP contribution in [0.25, 0.3) is 0 Å². The van der Waals surface area contributed by atoms with Crippen molar-refractivity contribution >= 4 is 29.1 Å². The number of benzene rings is 2. The Morgan fingerprint density at radius 1 is 1.10 bits per heavy atom. The molecule has 0 aliphatic heterocycles. The fourth-order valence-electron chi connectivity index (χ4n) is 1.89. The third-order valence-corrected chi connectivity index (χ3v) is 3.63. The van der Waals surface area contributed by atoms with Crippen LogP contribution in [0.15, 0.2) is 48.5 Å². The summed E-state index contributed by atoms with van der Waals surface area (Å²) in [7, 11) is 0.